The molecular formula is C31H26N2O. The summed E-state index contributed by atoms with van der Waals surface area (Å²) in [7, 11) is 0. The number of carbonyl (C=O) groups excluding carboxylic acids is 1. The molecule has 0 aromatic heterocycles. The zero-order valence-electron chi connectivity index (χ0n) is 18.9. The van der Waals surface area contributed by atoms with Crippen LogP contribution in [0, 0.1) is 0 Å². The Labute approximate surface area is 200 Å². The van der Waals surface area contributed by atoms with Crippen molar-refractivity contribution in [3.8, 4) is 0 Å². The van der Waals surface area contributed by atoms with E-state index in [0.717, 1.165) is 28.1 Å². The molecule has 0 N–H and O–H groups in total. The van der Waals surface area contributed by atoms with Crippen LogP contribution in [-0.4, -0.2) is 16.5 Å². The molecule has 4 aromatic carbocycles. The van der Waals surface area contributed by atoms with Crippen molar-refractivity contribution >= 4 is 11.6 Å². The first kappa shape index (κ1) is 21.6. The minimum Gasteiger partial charge on any atom is -0.342 e. The minimum absolute atomic E-state index is 0.114. The van der Waals surface area contributed by atoms with Gasteiger partial charge in [-0.25, -0.2) is 4.99 Å². The number of hydrogen-bond donors (Lipinski definition) is 0. The number of ketones is 1. The van der Waals surface area contributed by atoms with Crippen LogP contribution in [-0.2, 0) is 16.9 Å². The fourth-order valence-electron chi connectivity index (χ4n) is 4.86. The van der Waals surface area contributed by atoms with Crippen LogP contribution in [0.4, 0.5) is 0 Å². The molecule has 1 aliphatic heterocycles. The molecule has 0 amide bonds. The second-order valence-electron chi connectivity index (χ2n) is 8.43. The van der Waals surface area contributed by atoms with Gasteiger partial charge in [-0.2, -0.15) is 0 Å². The Balaban J connectivity index is 1.80. The lowest BCUT2D eigenvalue weighted by molar-refractivity contribution is -0.121. The lowest BCUT2D eigenvalue weighted by atomic mass is 9.76. The summed E-state index contributed by atoms with van der Waals surface area (Å²) in [6.45, 7) is 4.49. The Morgan fingerprint density at radius 3 is 1.91 bits per heavy atom. The van der Waals surface area contributed by atoms with Gasteiger partial charge in [0.1, 0.15) is 5.84 Å². The second kappa shape index (κ2) is 9.32. The van der Waals surface area contributed by atoms with E-state index in [1.54, 1.807) is 0 Å². The van der Waals surface area contributed by atoms with Crippen LogP contribution in [0.5, 0.6) is 0 Å². The summed E-state index contributed by atoms with van der Waals surface area (Å²) in [5.74, 6) is 0.689. The summed E-state index contributed by atoms with van der Waals surface area (Å²) < 4.78 is 0. The zero-order chi connectivity index (χ0) is 23.4. The minimum atomic E-state index is -1.15. The first-order valence-electron chi connectivity index (χ1n) is 11.5. The van der Waals surface area contributed by atoms with Gasteiger partial charge in [0.15, 0.2) is 11.3 Å². The SMILES string of the molecule is C=CC(=O)[C@]1(c2ccccc2)N=C(c2ccccc2)N(Cc2ccccc2)[C@H]1c1ccccc1. The molecule has 166 valence electrons. The summed E-state index contributed by atoms with van der Waals surface area (Å²) in [4.78, 5) is 21.4. The Morgan fingerprint density at radius 2 is 1.32 bits per heavy atom. The molecule has 2 atom stereocenters. The quantitative estimate of drug-likeness (QED) is 0.313. The van der Waals surface area contributed by atoms with Crippen LogP contribution >= 0.6 is 0 Å². The largest absolute Gasteiger partial charge is 0.342 e. The molecule has 0 fully saturated rings. The molecule has 5 rings (SSSR count). The van der Waals surface area contributed by atoms with Gasteiger partial charge in [-0.05, 0) is 22.8 Å². The van der Waals surface area contributed by atoms with Crippen molar-refractivity contribution in [3.05, 3.63) is 156 Å². The molecule has 3 heteroatoms. The standard InChI is InChI=1S/C31H26N2O/c1-2-28(34)31(27-21-13-6-14-22-27)29(25-17-9-4-10-18-25)33(23-24-15-7-3-8-16-24)30(32-31)26-19-11-5-12-20-26/h2-22,29H,1,23H2/t29-,31-/m0/s1. The molecule has 3 nitrogen and oxygen atoms in total. The number of hydrogen-bond acceptors (Lipinski definition) is 3. The molecule has 0 bridgehead atoms. The van der Waals surface area contributed by atoms with Crippen molar-refractivity contribution in [2.24, 2.45) is 4.99 Å². The van der Waals surface area contributed by atoms with Crippen molar-refractivity contribution in [3.63, 3.8) is 0 Å². The van der Waals surface area contributed by atoms with Gasteiger partial charge in [-0.1, -0.05) is 128 Å². The molecule has 0 spiro atoms. The average molecular weight is 443 g/mol. The highest BCUT2D eigenvalue weighted by Gasteiger charge is 2.54. The van der Waals surface area contributed by atoms with Gasteiger partial charge >= 0.3 is 0 Å². The Morgan fingerprint density at radius 1 is 0.794 bits per heavy atom. The Bertz CT molecular complexity index is 1300. The van der Waals surface area contributed by atoms with Crippen molar-refractivity contribution in [1.82, 2.24) is 4.90 Å². The van der Waals surface area contributed by atoms with Crippen LogP contribution in [0.3, 0.4) is 0 Å². The third kappa shape index (κ3) is 3.75. The highest BCUT2D eigenvalue weighted by molar-refractivity contribution is 6.08. The van der Waals surface area contributed by atoms with Gasteiger partial charge in [0.25, 0.3) is 0 Å². The highest BCUT2D eigenvalue weighted by Crippen LogP contribution is 2.49. The summed E-state index contributed by atoms with van der Waals surface area (Å²) in [6.07, 6.45) is 1.42. The number of aliphatic imine (C=N–C) groups is 1. The third-order valence-corrected chi connectivity index (χ3v) is 6.38. The third-order valence-electron chi connectivity index (χ3n) is 6.38. The summed E-state index contributed by atoms with van der Waals surface area (Å²) in [5, 5.41) is 0. The van der Waals surface area contributed by atoms with Gasteiger partial charge in [0, 0.05) is 12.1 Å². The number of nitrogens with zero attached hydrogens (tertiary/aromatic N) is 2. The van der Waals surface area contributed by atoms with E-state index in [4.69, 9.17) is 4.99 Å². The van der Waals surface area contributed by atoms with E-state index in [9.17, 15) is 4.79 Å². The van der Waals surface area contributed by atoms with Gasteiger partial charge in [0.05, 0.1) is 6.04 Å². The number of amidine groups is 1. The van der Waals surface area contributed by atoms with E-state index in [1.807, 2.05) is 84.9 Å². The van der Waals surface area contributed by atoms with Gasteiger partial charge in [-0.15, -0.1) is 0 Å². The molecule has 0 radical (unpaired) electrons. The molecule has 0 saturated heterocycles. The molecule has 1 heterocycles. The maximum atomic E-state index is 13.8. The summed E-state index contributed by atoms with van der Waals surface area (Å²) in [5.41, 5.74) is 2.88. The van der Waals surface area contributed by atoms with Gasteiger partial charge in [0.2, 0.25) is 0 Å². The second-order valence-corrected chi connectivity index (χ2v) is 8.43. The van der Waals surface area contributed by atoms with E-state index >= 15 is 0 Å². The Kier molecular flexibility index (Phi) is 5.92. The smallest absolute Gasteiger partial charge is 0.189 e. The van der Waals surface area contributed by atoms with Crippen molar-refractivity contribution in [2.45, 2.75) is 18.1 Å². The maximum absolute atomic E-state index is 13.8. The predicted molar refractivity (Wildman–Crippen MR) is 137 cm³/mol. The van der Waals surface area contributed by atoms with Crippen LogP contribution < -0.4 is 0 Å². The van der Waals surface area contributed by atoms with E-state index < -0.39 is 5.54 Å². The molecular weight excluding hydrogens is 416 g/mol. The predicted octanol–water partition coefficient (Wildman–Crippen LogP) is 6.34. The van der Waals surface area contributed by atoms with E-state index in [0.29, 0.717) is 6.54 Å². The number of carbonyl (C=O) groups is 1. The lowest BCUT2D eigenvalue weighted by Crippen LogP contribution is -2.42. The maximum Gasteiger partial charge on any atom is 0.189 e. The van der Waals surface area contributed by atoms with Crippen molar-refractivity contribution in [2.75, 3.05) is 0 Å². The van der Waals surface area contributed by atoms with Crippen molar-refractivity contribution < 1.29 is 4.79 Å². The van der Waals surface area contributed by atoms with Crippen LogP contribution in [0.1, 0.15) is 28.3 Å². The highest BCUT2D eigenvalue weighted by atomic mass is 16.1. The zero-order valence-corrected chi connectivity index (χ0v) is 18.9. The molecule has 4 aromatic rings. The van der Waals surface area contributed by atoms with E-state index in [2.05, 4.69) is 47.9 Å². The topological polar surface area (TPSA) is 32.7 Å². The van der Waals surface area contributed by atoms with Gasteiger partial charge in [-0.3, -0.25) is 4.79 Å². The molecule has 0 aliphatic carbocycles. The van der Waals surface area contributed by atoms with Crippen LogP contribution in [0.25, 0.3) is 0 Å². The summed E-state index contributed by atoms with van der Waals surface area (Å²) >= 11 is 0. The molecule has 0 unspecified atom stereocenters. The van der Waals surface area contributed by atoms with E-state index in [1.165, 1.54) is 6.08 Å². The monoisotopic (exact) mass is 442 g/mol. The summed E-state index contributed by atoms with van der Waals surface area (Å²) in [6, 6.07) is 40.2. The lowest BCUT2D eigenvalue weighted by Gasteiger charge is -2.37. The Hall–Kier alpha value is -4.24. The molecule has 0 saturated carbocycles. The number of rotatable bonds is 7. The van der Waals surface area contributed by atoms with Gasteiger partial charge < -0.3 is 4.90 Å². The molecule has 1 aliphatic rings. The van der Waals surface area contributed by atoms with E-state index in [-0.39, 0.29) is 11.8 Å². The molecule has 34 heavy (non-hydrogen) atoms. The van der Waals surface area contributed by atoms with Crippen LogP contribution in [0.2, 0.25) is 0 Å². The first-order chi connectivity index (χ1) is 16.7. The fourth-order valence-corrected chi connectivity index (χ4v) is 4.86. The number of benzene rings is 4. The van der Waals surface area contributed by atoms with Crippen LogP contribution in [0.15, 0.2) is 139 Å². The first-order valence-corrected chi connectivity index (χ1v) is 11.5. The van der Waals surface area contributed by atoms with Crippen molar-refractivity contribution in [1.29, 1.82) is 0 Å². The normalized spacial score (nSPS) is 19.5. The fraction of sp³-hybridized carbons (Fsp3) is 0.0968. The average Bonchev–Trinajstić information content (AvgIpc) is 3.26.